The second-order valence-corrected chi connectivity index (χ2v) is 12.2. The first-order valence-electron chi connectivity index (χ1n) is 10.6. The van der Waals surface area contributed by atoms with E-state index in [2.05, 4.69) is 31.5 Å². The Labute approximate surface area is 189 Å². The van der Waals surface area contributed by atoms with E-state index in [-0.39, 0.29) is 21.6 Å². The largest absolute Gasteiger partial charge is 0.326 e. The van der Waals surface area contributed by atoms with Crippen molar-refractivity contribution in [3.05, 3.63) is 29.6 Å². The van der Waals surface area contributed by atoms with Crippen LogP contribution in [0.15, 0.2) is 29.6 Å². The van der Waals surface area contributed by atoms with Crippen molar-refractivity contribution in [2.45, 2.75) is 56.2 Å². The highest BCUT2D eigenvalue weighted by Gasteiger charge is 2.57. The van der Waals surface area contributed by atoms with E-state index in [0.717, 1.165) is 35.2 Å². The fourth-order valence-corrected chi connectivity index (χ4v) is 8.68. The van der Waals surface area contributed by atoms with Gasteiger partial charge < -0.3 is 10.6 Å². The lowest BCUT2D eigenvalue weighted by Gasteiger charge is -2.60. The third-order valence-electron chi connectivity index (χ3n) is 6.90. The van der Waals surface area contributed by atoms with Crippen LogP contribution in [0.4, 0.5) is 10.8 Å². The molecule has 2 unspecified atom stereocenters. The number of nitrogens with zero attached hydrogens (tertiary/aromatic N) is 1. The Balaban J connectivity index is 1.23. The molecule has 6 rings (SSSR count). The predicted molar refractivity (Wildman–Crippen MR) is 124 cm³/mol. The summed E-state index contributed by atoms with van der Waals surface area (Å²) in [7, 11) is 0. The zero-order valence-corrected chi connectivity index (χ0v) is 19.4. The molecule has 2 N–H and O–H groups in total. The van der Waals surface area contributed by atoms with Gasteiger partial charge in [-0.3, -0.25) is 9.59 Å². The molecule has 0 aliphatic heterocycles. The average molecular weight is 488 g/mol. The third kappa shape index (κ3) is 4.06. The number of rotatable bonds is 5. The molecule has 4 aliphatic carbocycles. The fraction of sp³-hybridized carbons (Fsp3) is 0.522. The molecule has 2 aromatic rings. The van der Waals surface area contributed by atoms with Crippen molar-refractivity contribution in [1.29, 1.82) is 0 Å². The molecular weight excluding hydrogens is 462 g/mol. The maximum absolute atomic E-state index is 12.9. The molecule has 5 nitrogen and oxygen atoms in total. The molecule has 2 amide bonds. The average Bonchev–Trinajstić information content (AvgIpc) is 3.07. The zero-order valence-electron chi connectivity index (χ0n) is 17.0. The number of hydrogen-bond donors (Lipinski definition) is 2. The first-order chi connectivity index (χ1) is 14.3. The van der Waals surface area contributed by atoms with E-state index in [9.17, 15) is 9.59 Å². The van der Waals surface area contributed by atoms with Crippen LogP contribution in [0.25, 0.3) is 11.3 Å². The lowest BCUT2D eigenvalue weighted by molar-refractivity contribution is -0.123. The standard InChI is InChI=1S/C23H26BrN3O2S/c1-14(28)25-18-4-2-17(3-5-18)19-12-30-21(26-19)27-20(29)11-22-7-15-6-16(8-22)10-23(24,9-15)13-22/h2-5,12,15-16H,6-11,13H2,1H3,(H,25,28)(H,26,27,29). The summed E-state index contributed by atoms with van der Waals surface area (Å²) in [6.45, 7) is 1.49. The van der Waals surface area contributed by atoms with E-state index >= 15 is 0 Å². The zero-order chi connectivity index (χ0) is 20.9. The molecule has 7 heteroatoms. The van der Waals surface area contributed by atoms with Crippen LogP contribution in [0.1, 0.15) is 51.9 Å². The highest BCUT2D eigenvalue weighted by atomic mass is 79.9. The van der Waals surface area contributed by atoms with Crippen LogP contribution in [0.3, 0.4) is 0 Å². The lowest BCUT2D eigenvalue weighted by Crippen LogP contribution is -2.53. The van der Waals surface area contributed by atoms with Gasteiger partial charge in [0.25, 0.3) is 0 Å². The number of carbonyl (C=O) groups is 2. The molecule has 30 heavy (non-hydrogen) atoms. The van der Waals surface area contributed by atoms with Gasteiger partial charge in [-0.15, -0.1) is 11.3 Å². The minimum Gasteiger partial charge on any atom is -0.326 e. The number of benzene rings is 1. The normalized spacial score (nSPS) is 31.5. The highest BCUT2D eigenvalue weighted by molar-refractivity contribution is 9.10. The van der Waals surface area contributed by atoms with Gasteiger partial charge in [-0.05, 0) is 67.9 Å². The minimum atomic E-state index is -0.0914. The number of carbonyl (C=O) groups excluding carboxylic acids is 2. The minimum absolute atomic E-state index is 0.0914. The maximum Gasteiger partial charge on any atom is 0.226 e. The van der Waals surface area contributed by atoms with E-state index in [1.807, 2.05) is 29.6 Å². The Bertz CT molecular complexity index is 973. The van der Waals surface area contributed by atoms with Crippen LogP contribution in [-0.2, 0) is 9.59 Å². The molecule has 4 fully saturated rings. The van der Waals surface area contributed by atoms with Gasteiger partial charge in [0.05, 0.1) is 5.69 Å². The van der Waals surface area contributed by atoms with Crippen LogP contribution in [-0.4, -0.2) is 21.1 Å². The molecule has 0 radical (unpaired) electrons. The summed E-state index contributed by atoms with van der Waals surface area (Å²) in [5.41, 5.74) is 2.72. The monoisotopic (exact) mass is 487 g/mol. The van der Waals surface area contributed by atoms with Crippen molar-refractivity contribution < 1.29 is 9.59 Å². The van der Waals surface area contributed by atoms with Gasteiger partial charge in [0.2, 0.25) is 11.8 Å². The number of amides is 2. The molecule has 158 valence electrons. The van der Waals surface area contributed by atoms with Crippen LogP contribution in [0, 0.1) is 17.3 Å². The Hall–Kier alpha value is -1.73. The molecule has 1 aromatic heterocycles. The summed E-state index contributed by atoms with van der Waals surface area (Å²) in [6, 6.07) is 7.57. The van der Waals surface area contributed by atoms with Gasteiger partial charge in [-0.1, -0.05) is 28.1 Å². The smallest absolute Gasteiger partial charge is 0.226 e. The third-order valence-corrected chi connectivity index (χ3v) is 8.58. The van der Waals surface area contributed by atoms with Gasteiger partial charge in [0.1, 0.15) is 0 Å². The second-order valence-electron chi connectivity index (χ2n) is 9.63. The fourth-order valence-electron chi connectivity index (χ4n) is 6.44. The molecule has 1 heterocycles. The summed E-state index contributed by atoms with van der Waals surface area (Å²) < 4.78 is 0.273. The SMILES string of the molecule is CC(=O)Nc1ccc(-c2csc(NC(=O)CC34CC5CC(CC(Br)(C5)C3)C4)n2)cc1. The first kappa shape index (κ1) is 20.2. The Morgan fingerprint density at radius 1 is 1.13 bits per heavy atom. The molecular formula is C23H26BrN3O2S. The van der Waals surface area contributed by atoms with Crippen molar-refractivity contribution in [3.63, 3.8) is 0 Å². The van der Waals surface area contributed by atoms with E-state index < -0.39 is 0 Å². The van der Waals surface area contributed by atoms with E-state index in [4.69, 9.17) is 0 Å². The number of nitrogens with one attached hydrogen (secondary N) is 2. The quantitative estimate of drug-likeness (QED) is 0.521. The van der Waals surface area contributed by atoms with Crippen molar-refractivity contribution in [2.24, 2.45) is 17.3 Å². The number of aromatic nitrogens is 1. The molecule has 2 atom stereocenters. The summed E-state index contributed by atoms with van der Waals surface area (Å²) >= 11 is 5.49. The van der Waals surface area contributed by atoms with Crippen LogP contribution in [0.5, 0.6) is 0 Å². The molecule has 0 saturated heterocycles. The van der Waals surface area contributed by atoms with Crippen LogP contribution < -0.4 is 10.6 Å². The number of hydrogen-bond acceptors (Lipinski definition) is 4. The molecule has 4 aliphatic rings. The molecule has 4 saturated carbocycles. The maximum atomic E-state index is 12.9. The topological polar surface area (TPSA) is 71.1 Å². The highest BCUT2D eigenvalue weighted by Crippen LogP contribution is 2.65. The number of halogens is 1. The number of anilines is 2. The van der Waals surface area contributed by atoms with Crippen LogP contribution >= 0.6 is 27.3 Å². The molecule has 0 spiro atoms. The van der Waals surface area contributed by atoms with Crippen LogP contribution in [0.2, 0.25) is 0 Å². The Kier molecular flexibility index (Phi) is 5.01. The second kappa shape index (κ2) is 7.45. The van der Waals surface area contributed by atoms with E-state index in [0.29, 0.717) is 11.6 Å². The summed E-state index contributed by atoms with van der Waals surface area (Å²) in [6.07, 6.45) is 8.06. The van der Waals surface area contributed by atoms with Gasteiger partial charge in [-0.25, -0.2) is 4.98 Å². The number of alkyl halides is 1. The van der Waals surface area contributed by atoms with E-state index in [1.54, 1.807) is 0 Å². The van der Waals surface area contributed by atoms with Gasteiger partial charge in [-0.2, -0.15) is 0 Å². The van der Waals surface area contributed by atoms with Crippen molar-refractivity contribution in [3.8, 4) is 11.3 Å². The van der Waals surface area contributed by atoms with Gasteiger partial charge in [0, 0.05) is 34.3 Å². The van der Waals surface area contributed by atoms with Crippen molar-refractivity contribution in [2.75, 3.05) is 10.6 Å². The van der Waals surface area contributed by atoms with Crippen molar-refractivity contribution in [1.82, 2.24) is 4.98 Å². The lowest BCUT2D eigenvalue weighted by atomic mass is 9.48. The Morgan fingerprint density at radius 3 is 2.47 bits per heavy atom. The molecule has 1 aromatic carbocycles. The van der Waals surface area contributed by atoms with Crippen molar-refractivity contribution >= 4 is 49.9 Å². The summed E-state index contributed by atoms with van der Waals surface area (Å²) in [5, 5.41) is 8.43. The Morgan fingerprint density at radius 2 is 1.83 bits per heavy atom. The first-order valence-corrected chi connectivity index (χ1v) is 12.3. The summed E-state index contributed by atoms with van der Waals surface area (Å²) in [5.74, 6) is 1.57. The van der Waals surface area contributed by atoms with Gasteiger partial charge >= 0.3 is 0 Å². The summed E-state index contributed by atoms with van der Waals surface area (Å²) in [4.78, 5) is 28.7. The molecule has 4 bridgehead atoms. The predicted octanol–water partition coefficient (Wildman–Crippen LogP) is 5.83. The van der Waals surface area contributed by atoms with Gasteiger partial charge in [0.15, 0.2) is 5.13 Å². The number of thiazole rings is 1. The van der Waals surface area contributed by atoms with E-state index in [1.165, 1.54) is 50.4 Å².